The molecule has 0 unspecified atom stereocenters. The highest BCUT2D eigenvalue weighted by Gasteiger charge is 2.31. The molecule has 2 rings (SSSR count). The standard InChI is InChI=1S/C17H20N2O2S/c1-4-11-21-14-10-8-7-9-13(14)12-15-16(20)19(6-3)17(22-15)18-5-2/h4,7-10,12H,1,5-6,11H2,2-3H3. The van der Waals surface area contributed by atoms with Crippen molar-refractivity contribution in [2.45, 2.75) is 13.8 Å². The van der Waals surface area contributed by atoms with Gasteiger partial charge in [0.15, 0.2) is 5.17 Å². The summed E-state index contributed by atoms with van der Waals surface area (Å²) in [5.74, 6) is 0.741. The minimum atomic E-state index is -0.00164. The Hall–Kier alpha value is -2.01. The first-order chi connectivity index (χ1) is 10.7. The molecule has 0 N–H and O–H groups in total. The van der Waals surface area contributed by atoms with Crippen molar-refractivity contribution in [3.8, 4) is 5.75 Å². The minimum Gasteiger partial charge on any atom is -0.489 e. The lowest BCUT2D eigenvalue weighted by molar-refractivity contribution is -0.122. The van der Waals surface area contributed by atoms with Crippen LogP contribution in [0.25, 0.3) is 6.08 Å². The number of rotatable bonds is 6. The zero-order valence-electron chi connectivity index (χ0n) is 12.9. The van der Waals surface area contributed by atoms with Gasteiger partial charge in [-0.3, -0.25) is 14.7 Å². The van der Waals surface area contributed by atoms with E-state index < -0.39 is 0 Å². The summed E-state index contributed by atoms with van der Waals surface area (Å²) >= 11 is 1.42. The normalized spacial score (nSPS) is 18.3. The molecule has 1 heterocycles. The number of thioether (sulfide) groups is 1. The van der Waals surface area contributed by atoms with E-state index in [0.29, 0.717) is 24.6 Å². The van der Waals surface area contributed by atoms with Crippen LogP contribution < -0.4 is 4.74 Å². The van der Waals surface area contributed by atoms with E-state index in [1.165, 1.54) is 11.8 Å². The predicted molar refractivity (Wildman–Crippen MR) is 93.1 cm³/mol. The van der Waals surface area contributed by atoms with Gasteiger partial charge in [-0.25, -0.2) is 0 Å². The van der Waals surface area contributed by atoms with E-state index in [9.17, 15) is 4.79 Å². The number of para-hydroxylation sites is 1. The van der Waals surface area contributed by atoms with E-state index in [-0.39, 0.29) is 5.91 Å². The summed E-state index contributed by atoms with van der Waals surface area (Å²) in [5.41, 5.74) is 0.883. The molecule has 22 heavy (non-hydrogen) atoms. The Morgan fingerprint density at radius 3 is 2.82 bits per heavy atom. The smallest absolute Gasteiger partial charge is 0.266 e. The molecule has 0 spiro atoms. The van der Waals surface area contributed by atoms with Crippen LogP contribution in [0.3, 0.4) is 0 Å². The number of hydrogen-bond acceptors (Lipinski definition) is 4. The van der Waals surface area contributed by atoms with Crippen LogP contribution in [-0.4, -0.2) is 35.7 Å². The van der Waals surface area contributed by atoms with Crippen LogP contribution in [0.5, 0.6) is 5.75 Å². The Balaban J connectivity index is 2.32. The molecule has 0 radical (unpaired) electrons. The second-order valence-electron chi connectivity index (χ2n) is 4.55. The average Bonchev–Trinajstić information content (AvgIpc) is 2.82. The monoisotopic (exact) mass is 316 g/mol. The molecular formula is C17H20N2O2S. The lowest BCUT2D eigenvalue weighted by atomic mass is 10.2. The number of nitrogens with zero attached hydrogens (tertiary/aromatic N) is 2. The van der Waals surface area contributed by atoms with Crippen LogP contribution in [0.1, 0.15) is 19.4 Å². The predicted octanol–water partition coefficient (Wildman–Crippen LogP) is 3.56. The van der Waals surface area contributed by atoms with Crippen molar-refractivity contribution in [2.75, 3.05) is 19.7 Å². The van der Waals surface area contributed by atoms with E-state index in [2.05, 4.69) is 11.6 Å². The van der Waals surface area contributed by atoms with Gasteiger partial charge >= 0.3 is 0 Å². The van der Waals surface area contributed by atoms with Gasteiger partial charge in [-0.1, -0.05) is 30.9 Å². The minimum absolute atomic E-state index is 0.00164. The third-order valence-electron chi connectivity index (χ3n) is 3.06. The summed E-state index contributed by atoms with van der Waals surface area (Å²) in [5, 5.41) is 0.769. The molecule has 0 atom stereocenters. The Morgan fingerprint density at radius 2 is 2.14 bits per heavy atom. The molecule has 0 aliphatic carbocycles. The molecule has 4 nitrogen and oxygen atoms in total. The fourth-order valence-electron chi connectivity index (χ4n) is 2.06. The van der Waals surface area contributed by atoms with Gasteiger partial charge in [0.25, 0.3) is 5.91 Å². The third-order valence-corrected chi connectivity index (χ3v) is 4.10. The molecule has 1 aliphatic rings. The van der Waals surface area contributed by atoms with Crippen molar-refractivity contribution in [1.82, 2.24) is 4.90 Å². The number of carbonyl (C=O) groups excluding carboxylic acids is 1. The summed E-state index contributed by atoms with van der Waals surface area (Å²) in [7, 11) is 0. The molecule has 0 aromatic heterocycles. The van der Waals surface area contributed by atoms with Gasteiger partial charge in [0.2, 0.25) is 0 Å². The van der Waals surface area contributed by atoms with Crippen LogP contribution in [0.2, 0.25) is 0 Å². The van der Waals surface area contributed by atoms with Crippen molar-refractivity contribution in [2.24, 2.45) is 4.99 Å². The Bertz CT molecular complexity index is 623. The Kier molecular flexibility index (Phi) is 5.83. The third kappa shape index (κ3) is 3.60. The van der Waals surface area contributed by atoms with Crippen molar-refractivity contribution in [3.05, 3.63) is 47.4 Å². The van der Waals surface area contributed by atoms with E-state index in [0.717, 1.165) is 16.5 Å². The summed E-state index contributed by atoms with van der Waals surface area (Å²) in [4.78, 5) is 19.2. The number of amides is 1. The highest BCUT2D eigenvalue weighted by Crippen LogP contribution is 2.34. The molecule has 1 fully saturated rings. The summed E-state index contributed by atoms with van der Waals surface area (Å²) in [6.45, 7) is 9.29. The molecule has 5 heteroatoms. The molecule has 1 amide bonds. The van der Waals surface area contributed by atoms with Gasteiger partial charge in [-0.2, -0.15) is 0 Å². The Morgan fingerprint density at radius 1 is 1.36 bits per heavy atom. The maximum Gasteiger partial charge on any atom is 0.266 e. The zero-order chi connectivity index (χ0) is 15.9. The number of benzene rings is 1. The van der Waals surface area contributed by atoms with Crippen molar-refractivity contribution >= 4 is 28.9 Å². The first kappa shape index (κ1) is 16.4. The van der Waals surface area contributed by atoms with Gasteiger partial charge < -0.3 is 4.74 Å². The van der Waals surface area contributed by atoms with Gasteiger partial charge in [-0.05, 0) is 37.8 Å². The van der Waals surface area contributed by atoms with Gasteiger partial charge in [0.05, 0.1) is 4.91 Å². The van der Waals surface area contributed by atoms with Crippen LogP contribution >= 0.6 is 11.8 Å². The maximum atomic E-state index is 12.5. The van der Waals surface area contributed by atoms with Crippen molar-refractivity contribution in [1.29, 1.82) is 0 Å². The van der Waals surface area contributed by atoms with Crippen LogP contribution in [-0.2, 0) is 4.79 Å². The second-order valence-corrected chi connectivity index (χ2v) is 5.56. The number of aliphatic imine (C=N–C) groups is 1. The summed E-state index contributed by atoms with van der Waals surface area (Å²) in [6, 6.07) is 7.66. The number of carbonyl (C=O) groups is 1. The fraction of sp³-hybridized carbons (Fsp3) is 0.294. The number of likely N-dealkylation sites (N-methyl/N-ethyl adjacent to an activating group) is 1. The summed E-state index contributed by atoms with van der Waals surface area (Å²) < 4.78 is 5.63. The first-order valence-electron chi connectivity index (χ1n) is 7.29. The van der Waals surface area contributed by atoms with Crippen molar-refractivity contribution in [3.63, 3.8) is 0 Å². The first-order valence-corrected chi connectivity index (χ1v) is 8.11. The number of ether oxygens (including phenoxy) is 1. The van der Waals surface area contributed by atoms with Crippen LogP contribution in [0, 0.1) is 0 Å². The van der Waals surface area contributed by atoms with Crippen molar-refractivity contribution < 1.29 is 9.53 Å². The zero-order valence-corrected chi connectivity index (χ0v) is 13.7. The average molecular weight is 316 g/mol. The molecule has 0 saturated carbocycles. The lowest BCUT2D eigenvalue weighted by Gasteiger charge is -2.11. The molecular weight excluding hydrogens is 296 g/mol. The SMILES string of the molecule is C=CCOc1ccccc1C=C1SC(=NCC)N(CC)C1=O. The molecule has 1 aromatic carbocycles. The lowest BCUT2D eigenvalue weighted by Crippen LogP contribution is -2.28. The quantitative estimate of drug-likeness (QED) is 0.595. The van der Waals surface area contributed by atoms with E-state index in [1.54, 1.807) is 11.0 Å². The van der Waals surface area contributed by atoms with Crippen LogP contribution in [0.4, 0.5) is 0 Å². The second kappa shape index (κ2) is 7.84. The fourth-order valence-corrected chi connectivity index (χ4v) is 3.16. The highest BCUT2D eigenvalue weighted by atomic mass is 32.2. The van der Waals surface area contributed by atoms with Gasteiger partial charge in [-0.15, -0.1) is 0 Å². The molecule has 1 aliphatic heterocycles. The van der Waals surface area contributed by atoms with Crippen LogP contribution in [0.15, 0.2) is 46.8 Å². The van der Waals surface area contributed by atoms with E-state index in [1.807, 2.05) is 44.2 Å². The van der Waals surface area contributed by atoms with Gasteiger partial charge in [0.1, 0.15) is 12.4 Å². The number of hydrogen-bond donors (Lipinski definition) is 0. The topological polar surface area (TPSA) is 41.9 Å². The maximum absolute atomic E-state index is 12.5. The Labute approximate surface area is 135 Å². The number of amidine groups is 1. The molecule has 1 aromatic rings. The highest BCUT2D eigenvalue weighted by molar-refractivity contribution is 8.18. The molecule has 1 saturated heterocycles. The molecule has 116 valence electrons. The largest absolute Gasteiger partial charge is 0.489 e. The summed E-state index contributed by atoms with van der Waals surface area (Å²) in [6.07, 6.45) is 3.57. The molecule has 0 bridgehead atoms. The van der Waals surface area contributed by atoms with Gasteiger partial charge in [0, 0.05) is 18.7 Å². The van der Waals surface area contributed by atoms with E-state index in [4.69, 9.17) is 4.74 Å². The van der Waals surface area contributed by atoms with E-state index >= 15 is 0 Å².